The third-order valence-corrected chi connectivity index (χ3v) is 4.13. The van der Waals surface area contributed by atoms with Gasteiger partial charge in [0.2, 0.25) is 5.91 Å². The molecule has 0 aliphatic heterocycles. The number of rotatable bonds is 7. The second-order valence-electron chi connectivity index (χ2n) is 7.84. The van der Waals surface area contributed by atoms with E-state index in [0.717, 1.165) is 5.56 Å². The molecule has 2 aromatic rings. The zero-order chi connectivity index (χ0) is 21.4. The van der Waals surface area contributed by atoms with Crippen LogP contribution in [0.5, 0.6) is 0 Å². The monoisotopic (exact) mass is 396 g/mol. The molecule has 2 rings (SSSR count). The number of nitrogens with one attached hydrogen (secondary N) is 1. The molecular formula is C23H28N2O4. The summed E-state index contributed by atoms with van der Waals surface area (Å²) in [5.74, 6) is -1.00. The molecule has 6 heteroatoms. The molecule has 0 spiro atoms. The number of carbonyl (C=O) groups excluding carboxylic acids is 3. The molecule has 2 aromatic carbocycles. The van der Waals surface area contributed by atoms with Gasteiger partial charge in [-0.3, -0.25) is 14.4 Å². The van der Waals surface area contributed by atoms with Gasteiger partial charge in [0.25, 0.3) is 5.91 Å². The molecule has 0 radical (unpaired) electrons. The van der Waals surface area contributed by atoms with E-state index in [-0.39, 0.29) is 24.8 Å². The number of nitrogens with zero attached hydrogens (tertiary/aromatic N) is 1. The molecule has 6 nitrogen and oxygen atoms in total. The maximum atomic E-state index is 12.7. The fourth-order valence-electron chi connectivity index (χ4n) is 2.75. The predicted octanol–water partition coefficient (Wildman–Crippen LogP) is 3.35. The van der Waals surface area contributed by atoms with Gasteiger partial charge in [0, 0.05) is 12.6 Å². The lowest BCUT2D eigenvalue weighted by atomic mass is 10.0. The Morgan fingerprint density at radius 3 is 2.07 bits per heavy atom. The number of ether oxygens (including phenoxy) is 1. The number of hydrogen-bond donors (Lipinski definition) is 1. The Kier molecular flexibility index (Phi) is 7.53. The lowest BCUT2D eigenvalue weighted by molar-refractivity contribution is -0.158. The summed E-state index contributed by atoms with van der Waals surface area (Å²) >= 11 is 0. The Morgan fingerprint density at radius 2 is 1.52 bits per heavy atom. The van der Waals surface area contributed by atoms with Crippen LogP contribution < -0.4 is 5.32 Å². The summed E-state index contributed by atoms with van der Waals surface area (Å²) in [6, 6.07) is 17.6. The summed E-state index contributed by atoms with van der Waals surface area (Å²) in [5, 5.41) is 2.92. The second kappa shape index (κ2) is 9.87. The molecule has 2 amide bonds. The highest BCUT2D eigenvalue weighted by Crippen LogP contribution is 2.19. The number of benzene rings is 2. The van der Waals surface area contributed by atoms with Gasteiger partial charge in [0.15, 0.2) is 0 Å². The first-order valence-corrected chi connectivity index (χ1v) is 9.52. The Morgan fingerprint density at radius 1 is 0.966 bits per heavy atom. The van der Waals surface area contributed by atoms with Gasteiger partial charge in [-0.2, -0.15) is 0 Å². The van der Waals surface area contributed by atoms with Gasteiger partial charge in [0.05, 0.1) is 12.5 Å². The van der Waals surface area contributed by atoms with Crippen molar-refractivity contribution in [3.63, 3.8) is 0 Å². The van der Waals surface area contributed by atoms with E-state index in [0.29, 0.717) is 5.56 Å². The third-order valence-electron chi connectivity index (χ3n) is 4.13. The zero-order valence-electron chi connectivity index (χ0n) is 17.3. The molecule has 1 unspecified atom stereocenters. The van der Waals surface area contributed by atoms with Crippen molar-refractivity contribution in [2.45, 2.75) is 38.8 Å². The van der Waals surface area contributed by atoms with Crippen molar-refractivity contribution in [3.05, 3.63) is 71.8 Å². The normalized spacial score (nSPS) is 12.0. The van der Waals surface area contributed by atoms with Gasteiger partial charge in [0.1, 0.15) is 12.1 Å². The summed E-state index contributed by atoms with van der Waals surface area (Å²) in [7, 11) is 1.55. The first-order valence-electron chi connectivity index (χ1n) is 9.52. The largest absolute Gasteiger partial charge is 0.459 e. The minimum absolute atomic E-state index is 0.0296. The van der Waals surface area contributed by atoms with Crippen LogP contribution in [-0.2, 0) is 14.3 Å². The van der Waals surface area contributed by atoms with E-state index in [1.165, 1.54) is 4.90 Å². The van der Waals surface area contributed by atoms with E-state index >= 15 is 0 Å². The molecule has 1 N–H and O–H groups in total. The van der Waals surface area contributed by atoms with Crippen molar-refractivity contribution < 1.29 is 19.1 Å². The fourth-order valence-corrected chi connectivity index (χ4v) is 2.75. The molecule has 0 saturated carbocycles. The zero-order valence-corrected chi connectivity index (χ0v) is 17.3. The Hall–Kier alpha value is -3.15. The number of amides is 2. The van der Waals surface area contributed by atoms with Crippen LogP contribution in [0.25, 0.3) is 0 Å². The average molecular weight is 396 g/mol. The minimum atomic E-state index is -0.614. The highest BCUT2D eigenvalue weighted by Gasteiger charge is 2.24. The average Bonchev–Trinajstić information content (AvgIpc) is 2.67. The predicted molar refractivity (Wildman–Crippen MR) is 111 cm³/mol. The van der Waals surface area contributed by atoms with Crippen molar-refractivity contribution >= 4 is 17.8 Å². The van der Waals surface area contributed by atoms with Crippen LogP contribution in [0.15, 0.2) is 60.7 Å². The number of esters is 1. The van der Waals surface area contributed by atoms with E-state index < -0.39 is 17.6 Å². The maximum absolute atomic E-state index is 12.7. The first kappa shape index (κ1) is 22.1. The molecule has 0 aliphatic rings. The molecule has 0 aliphatic carbocycles. The van der Waals surface area contributed by atoms with Crippen LogP contribution in [0.2, 0.25) is 0 Å². The Balaban J connectivity index is 2.08. The topological polar surface area (TPSA) is 75.7 Å². The van der Waals surface area contributed by atoms with Gasteiger partial charge >= 0.3 is 5.97 Å². The third kappa shape index (κ3) is 7.41. The number of hydrogen-bond acceptors (Lipinski definition) is 4. The standard InChI is InChI=1S/C23H28N2O4/c1-23(2,3)29-21(27)16-25(4)20(26)15-19(17-11-7-5-8-12-17)24-22(28)18-13-9-6-10-14-18/h5-14,19H,15-16H2,1-4H3,(H,24,28). The quantitative estimate of drug-likeness (QED) is 0.729. The smallest absolute Gasteiger partial charge is 0.326 e. The summed E-state index contributed by atoms with van der Waals surface area (Å²) < 4.78 is 5.27. The van der Waals surface area contributed by atoms with Crippen molar-refractivity contribution in [1.29, 1.82) is 0 Å². The number of carbonyl (C=O) groups is 3. The molecule has 0 heterocycles. The molecule has 0 aromatic heterocycles. The van der Waals surface area contributed by atoms with E-state index in [4.69, 9.17) is 4.74 Å². The van der Waals surface area contributed by atoms with E-state index in [1.54, 1.807) is 52.1 Å². The Bertz CT molecular complexity index is 829. The molecule has 0 bridgehead atoms. The minimum Gasteiger partial charge on any atom is -0.459 e. The lowest BCUT2D eigenvalue weighted by Gasteiger charge is -2.24. The molecule has 0 fully saturated rings. The van der Waals surface area contributed by atoms with Gasteiger partial charge in [-0.1, -0.05) is 48.5 Å². The van der Waals surface area contributed by atoms with Crippen LogP contribution in [0.3, 0.4) is 0 Å². The van der Waals surface area contributed by atoms with Crippen LogP contribution >= 0.6 is 0 Å². The van der Waals surface area contributed by atoms with Crippen molar-refractivity contribution in [1.82, 2.24) is 10.2 Å². The van der Waals surface area contributed by atoms with Gasteiger partial charge in [-0.25, -0.2) is 0 Å². The number of likely N-dealkylation sites (N-methyl/N-ethyl adjacent to an activating group) is 1. The maximum Gasteiger partial charge on any atom is 0.326 e. The summed E-state index contributed by atoms with van der Waals surface area (Å²) in [5.41, 5.74) is 0.718. The van der Waals surface area contributed by atoms with E-state index in [1.807, 2.05) is 36.4 Å². The molecule has 0 saturated heterocycles. The highest BCUT2D eigenvalue weighted by molar-refractivity contribution is 5.94. The SMILES string of the molecule is CN(CC(=O)OC(C)(C)C)C(=O)CC(NC(=O)c1ccccc1)c1ccccc1. The van der Waals surface area contributed by atoms with Crippen LogP contribution in [0.1, 0.15) is 49.2 Å². The first-order chi connectivity index (χ1) is 13.7. The van der Waals surface area contributed by atoms with Crippen LogP contribution in [0, 0.1) is 0 Å². The fraction of sp³-hybridized carbons (Fsp3) is 0.348. The van der Waals surface area contributed by atoms with Crippen LogP contribution in [0.4, 0.5) is 0 Å². The molecule has 154 valence electrons. The van der Waals surface area contributed by atoms with Crippen molar-refractivity contribution in [2.24, 2.45) is 0 Å². The van der Waals surface area contributed by atoms with Crippen LogP contribution in [-0.4, -0.2) is 41.9 Å². The van der Waals surface area contributed by atoms with E-state index in [9.17, 15) is 14.4 Å². The van der Waals surface area contributed by atoms with Crippen molar-refractivity contribution in [2.75, 3.05) is 13.6 Å². The van der Waals surface area contributed by atoms with E-state index in [2.05, 4.69) is 5.32 Å². The lowest BCUT2D eigenvalue weighted by Crippen LogP contribution is -2.38. The van der Waals surface area contributed by atoms with Gasteiger partial charge in [-0.15, -0.1) is 0 Å². The molecular weight excluding hydrogens is 368 g/mol. The summed E-state index contributed by atoms with van der Waals surface area (Å²) in [4.78, 5) is 38.6. The molecule has 1 atom stereocenters. The Labute approximate surface area is 171 Å². The second-order valence-corrected chi connectivity index (χ2v) is 7.84. The summed E-state index contributed by atoms with van der Waals surface area (Å²) in [6.45, 7) is 5.18. The van der Waals surface area contributed by atoms with Crippen molar-refractivity contribution in [3.8, 4) is 0 Å². The summed E-state index contributed by atoms with van der Waals surface area (Å²) in [6.07, 6.45) is 0.0296. The molecule has 29 heavy (non-hydrogen) atoms. The highest BCUT2D eigenvalue weighted by atomic mass is 16.6. The van der Waals surface area contributed by atoms with Gasteiger partial charge in [-0.05, 0) is 38.5 Å². The van der Waals surface area contributed by atoms with Gasteiger partial charge < -0.3 is 15.0 Å².